The number of aromatic nitrogens is 2. The summed E-state index contributed by atoms with van der Waals surface area (Å²) in [6, 6.07) is 0. The average molecular weight is 285 g/mol. The predicted molar refractivity (Wildman–Crippen MR) is 75.4 cm³/mol. The fourth-order valence-electron chi connectivity index (χ4n) is 1.88. The molecule has 108 valence electrons. The molecule has 0 bridgehead atoms. The van der Waals surface area contributed by atoms with Crippen molar-refractivity contribution in [2.75, 3.05) is 32.9 Å². The van der Waals surface area contributed by atoms with Crippen molar-refractivity contribution in [2.45, 2.75) is 32.8 Å². The van der Waals surface area contributed by atoms with E-state index in [1.165, 1.54) is 0 Å². The quantitative estimate of drug-likeness (QED) is 0.774. The molecule has 1 N–H and O–H groups in total. The lowest BCUT2D eigenvalue weighted by molar-refractivity contribution is -0.0903. The Morgan fingerprint density at radius 3 is 3.00 bits per heavy atom. The molecule has 0 saturated carbocycles. The van der Waals surface area contributed by atoms with Crippen molar-refractivity contribution in [3.63, 3.8) is 0 Å². The fourth-order valence-corrected chi connectivity index (χ4v) is 2.80. The zero-order chi connectivity index (χ0) is 13.5. The summed E-state index contributed by atoms with van der Waals surface area (Å²) in [6.45, 7) is 8.49. The van der Waals surface area contributed by atoms with Crippen LogP contribution in [0.5, 0.6) is 0 Å². The van der Waals surface area contributed by atoms with Crippen LogP contribution in [0.4, 0.5) is 0 Å². The molecule has 19 heavy (non-hydrogen) atoms. The number of hydrogen-bond donors (Lipinski definition) is 1. The number of ether oxygens (including phenoxy) is 2. The lowest BCUT2D eigenvalue weighted by Gasteiger charge is -2.20. The first-order valence-corrected chi connectivity index (χ1v) is 7.79. The minimum Gasteiger partial charge on any atom is -0.376 e. The molecule has 6 heteroatoms. The Bertz CT molecular complexity index is 365. The number of aryl methyl sites for hydroxylation is 1. The van der Waals surface area contributed by atoms with Crippen molar-refractivity contribution in [1.82, 2.24) is 15.5 Å². The van der Waals surface area contributed by atoms with Crippen LogP contribution >= 0.6 is 11.3 Å². The lowest BCUT2D eigenvalue weighted by Crippen LogP contribution is -2.21. The van der Waals surface area contributed by atoms with Gasteiger partial charge in [0, 0.05) is 6.42 Å². The van der Waals surface area contributed by atoms with Crippen molar-refractivity contribution in [1.29, 1.82) is 0 Å². The number of hydrogen-bond acceptors (Lipinski definition) is 6. The molecule has 2 heterocycles. The minimum absolute atomic E-state index is 0.0148. The van der Waals surface area contributed by atoms with Gasteiger partial charge >= 0.3 is 0 Å². The maximum Gasteiger partial charge on any atom is 0.148 e. The lowest BCUT2D eigenvalue weighted by atomic mass is 10.2. The maximum absolute atomic E-state index is 5.62. The van der Waals surface area contributed by atoms with E-state index in [2.05, 4.69) is 29.4 Å². The van der Waals surface area contributed by atoms with Gasteiger partial charge in [-0.15, -0.1) is 10.2 Å². The molecular formula is C13H23N3O2S. The van der Waals surface area contributed by atoms with Crippen LogP contribution < -0.4 is 5.32 Å². The van der Waals surface area contributed by atoms with E-state index < -0.39 is 0 Å². The number of nitrogens with zero attached hydrogens (tertiary/aromatic N) is 2. The molecule has 0 spiro atoms. The van der Waals surface area contributed by atoms with E-state index in [4.69, 9.17) is 9.47 Å². The summed E-state index contributed by atoms with van der Waals surface area (Å²) in [5.41, 5.74) is 0. The molecule has 1 fully saturated rings. The highest BCUT2D eigenvalue weighted by molar-refractivity contribution is 7.11. The standard InChI is InChI=1S/C13H23N3O2S/c1-10(2)8-14-5-3-4-12-15-16-13(19-12)11-9-17-6-7-18-11/h10-11,14H,3-9H2,1-2H3. The third-order valence-corrected chi connectivity index (χ3v) is 3.95. The highest BCUT2D eigenvalue weighted by atomic mass is 32.1. The summed E-state index contributed by atoms with van der Waals surface area (Å²) in [5, 5.41) is 13.9. The third-order valence-electron chi connectivity index (χ3n) is 2.87. The molecule has 1 saturated heterocycles. The summed E-state index contributed by atoms with van der Waals surface area (Å²) in [5.74, 6) is 0.705. The van der Waals surface area contributed by atoms with Gasteiger partial charge in [-0.3, -0.25) is 0 Å². The molecule has 1 aromatic rings. The molecule has 0 radical (unpaired) electrons. The van der Waals surface area contributed by atoms with Crippen LogP contribution in [-0.2, 0) is 15.9 Å². The van der Waals surface area contributed by atoms with Crippen molar-refractivity contribution < 1.29 is 9.47 Å². The van der Waals surface area contributed by atoms with Crippen LogP contribution in [-0.4, -0.2) is 43.1 Å². The topological polar surface area (TPSA) is 56.3 Å². The molecule has 1 aliphatic rings. The highest BCUT2D eigenvalue weighted by Crippen LogP contribution is 2.24. The van der Waals surface area contributed by atoms with Gasteiger partial charge in [-0.25, -0.2) is 0 Å². The normalized spacial score (nSPS) is 20.1. The Morgan fingerprint density at radius 1 is 1.37 bits per heavy atom. The highest BCUT2D eigenvalue weighted by Gasteiger charge is 2.20. The second-order valence-electron chi connectivity index (χ2n) is 5.17. The van der Waals surface area contributed by atoms with E-state index in [-0.39, 0.29) is 6.10 Å². The summed E-state index contributed by atoms with van der Waals surface area (Å²) < 4.78 is 11.0. The first-order valence-electron chi connectivity index (χ1n) is 6.98. The van der Waals surface area contributed by atoms with Gasteiger partial charge in [0.15, 0.2) is 0 Å². The van der Waals surface area contributed by atoms with Crippen LogP contribution in [0, 0.1) is 5.92 Å². The molecule has 0 amide bonds. The van der Waals surface area contributed by atoms with Crippen LogP contribution in [0.2, 0.25) is 0 Å². The van der Waals surface area contributed by atoms with Gasteiger partial charge in [0.1, 0.15) is 16.1 Å². The van der Waals surface area contributed by atoms with Crippen molar-refractivity contribution >= 4 is 11.3 Å². The van der Waals surface area contributed by atoms with Crippen molar-refractivity contribution in [2.24, 2.45) is 5.92 Å². The first kappa shape index (κ1) is 14.8. The Hall–Kier alpha value is -0.560. The van der Waals surface area contributed by atoms with Gasteiger partial charge in [-0.05, 0) is 25.4 Å². The monoisotopic (exact) mass is 285 g/mol. The first-order chi connectivity index (χ1) is 9.25. The predicted octanol–water partition coefficient (Wildman–Crippen LogP) is 1.80. The van der Waals surface area contributed by atoms with E-state index in [1.807, 2.05) is 0 Å². The third kappa shape index (κ3) is 5.14. The smallest absolute Gasteiger partial charge is 0.148 e. The second kappa shape index (κ2) is 7.89. The van der Waals surface area contributed by atoms with E-state index in [0.717, 1.165) is 35.9 Å². The zero-order valence-electron chi connectivity index (χ0n) is 11.7. The van der Waals surface area contributed by atoms with E-state index in [9.17, 15) is 0 Å². The van der Waals surface area contributed by atoms with Crippen LogP contribution in [0.15, 0.2) is 0 Å². The van der Waals surface area contributed by atoms with Gasteiger partial charge in [0.05, 0.1) is 19.8 Å². The fraction of sp³-hybridized carbons (Fsp3) is 0.846. The number of rotatable bonds is 7. The SMILES string of the molecule is CC(C)CNCCCc1nnc(C2COCCO2)s1. The van der Waals surface area contributed by atoms with E-state index in [1.54, 1.807) is 11.3 Å². The summed E-state index contributed by atoms with van der Waals surface area (Å²) in [7, 11) is 0. The minimum atomic E-state index is -0.0148. The summed E-state index contributed by atoms with van der Waals surface area (Å²) in [4.78, 5) is 0. The molecule has 1 aliphatic heterocycles. The maximum atomic E-state index is 5.62. The summed E-state index contributed by atoms with van der Waals surface area (Å²) >= 11 is 1.65. The molecule has 0 aromatic carbocycles. The molecule has 0 aliphatic carbocycles. The molecule has 2 rings (SSSR count). The van der Waals surface area contributed by atoms with Gasteiger partial charge < -0.3 is 14.8 Å². The molecule has 1 aromatic heterocycles. The average Bonchev–Trinajstić information content (AvgIpc) is 2.88. The van der Waals surface area contributed by atoms with E-state index in [0.29, 0.717) is 25.7 Å². The van der Waals surface area contributed by atoms with E-state index >= 15 is 0 Å². The molecular weight excluding hydrogens is 262 g/mol. The molecule has 1 atom stereocenters. The second-order valence-corrected chi connectivity index (χ2v) is 6.26. The van der Waals surface area contributed by atoms with Crippen LogP contribution in [0.1, 0.15) is 36.4 Å². The van der Waals surface area contributed by atoms with Crippen LogP contribution in [0.25, 0.3) is 0 Å². The Kier molecular flexibility index (Phi) is 6.16. The van der Waals surface area contributed by atoms with Crippen molar-refractivity contribution in [3.8, 4) is 0 Å². The zero-order valence-corrected chi connectivity index (χ0v) is 12.5. The Balaban J connectivity index is 1.68. The largest absolute Gasteiger partial charge is 0.376 e. The molecule has 1 unspecified atom stereocenters. The van der Waals surface area contributed by atoms with Crippen molar-refractivity contribution in [3.05, 3.63) is 10.0 Å². The van der Waals surface area contributed by atoms with Gasteiger partial charge in [-0.1, -0.05) is 25.2 Å². The number of nitrogens with one attached hydrogen (secondary N) is 1. The van der Waals surface area contributed by atoms with Gasteiger partial charge in [-0.2, -0.15) is 0 Å². The van der Waals surface area contributed by atoms with Gasteiger partial charge in [0.25, 0.3) is 0 Å². The Labute approximate surface area is 118 Å². The Morgan fingerprint density at radius 2 is 2.26 bits per heavy atom. The summed E-state index contributed by atoms with van der Waals surface area (Å²) in [6.07, 6.45) is 2.07. The van der Waals surface area contributed by atoms with Gasteiger partial charge in [0.2, 0.25) is 0 Å². The van der Waals surface area contributed by atoms with Crippen LogP contribution in [0.3, 0.4) is 0 Å². The molecule has 5 nitrogen and oxygen atoms in total.